The standard InChI is InChI=1S/C15H8Cl2F9N5/c1-29-12(14(21,22)23,15(24,25)26)9-8(4-27)30-31(11(9)28)10-6(16)2-5(3-7(10)17)13(18,19)20/h2-3,29H,28H2,1H3. The topological polar surface area (TPSA) is 79.7 Å². The maximum absolute atomic E-state index is 13.6. The number of hydrogen-bond donors (Lipinski definition) is 2. The van der Waals surface area contributed by atoms with Gasteiger partial charge in [0.15, 0.2) is 5.69 Å². The van der Waals surface area contributed by atoms with Gasteiger partial charge in [-0.3, -0.25) is 5.32 Å². The van der Waals surface area contributed by atoms with Gasteiger partial charge in [0.1, 0.15) is 17.6 Å². The van der Waals surface area contributed by atoms with Gasteiger partial charge in [-0.25, -0.2) is 4.68 Å². The monoisotopic (exact) mass is 499 g/mol. The van der Waals surface area contributed by atoms with Crippen LogP contribution in [0.1, 0.15) is 16.8 Å². The van der Waals surface area contributed by atoms with E-state index in [0.717, 1.165) is 11.4 Å². The Balaban J connectivity index is 2.95. The van der Waals surface area contributed by atoms with Crippen molar-refractivity contribution >= 4 is 29.0 Å². The van der Waals surface area contributed by atoms with Crippen LogP contribution in [0.2, 0.25) is 10.0 Å². The Hall–Kier alpha value is -2.37. The van der Waals surface area contributed by atoms with Crippen LogP contribution in [0.15, 0.2) is 12.1 Å². The molecule has 3 N–H and O–H groups in total. The van der Waals surface area contributed by atoms with Crippen molar-refractivity contribution in [3.05, 3.63) is 39.0 Å². The smallest absolute Gasteiger partial charge is 0.383 e. The van der Waals surface area contributed by atoms with Crippen LogP contribution < -0.4 is 11.1 Å². The number of rotatable bonds is 3. The highest BCUT2D eigenvalue weighted by molar-refractivity contribution is 6.38. The van der Waals surface area contributed by atoms with E-state index in [-0.39, 0.29) is 4.68 Å². The second-order valence-corrected chi connectivity index (χ2v) is 6.73. The first-order valence-electron chi connectivity index (χ1n) is 7.62. The molecular weight excluding hydrogens is 492 g/mol. The molecule has 0 radical (unpaired) electrons. The molecule has 0 fully saturated rings. The molecule has 16 heteroatoms. The lowest BCUT2D eigenvalue weighted by Gasteiger charge is -2.36. The van der Waals surface area contributed by atoms with Gasteiger partial charge >= 0.3 is 18.5 Å². The minimum absolute atomic E-state index is 0.141. The van der Waals surface area contributed by atoms with Crippen LogP contribution in [0, 0.1) is 11.3 Å². The fourth-order valence-electron chi connectivity index (χ4n) is 2.83. The molecule has 1 aromatic heterocycles. The van der Waals surface area contributed by atoms with Crippen molar-refractivity contribution in [3.63, 3.8) is 0 Å². The number of nitriles is 1. The third kappa shape index (κ3) is 3.85. The average molecular weight is 500 g/mol. The highest BCUT2D eigenvalue weighted by atomic mass is 35.5. The Morgan fingerprint density at radius 1 is 1.00 bits per heavy atom. The first-order valence-corrected chi connectivity index (χ1v) is 8.37. The second-order valence-electron chi connectivity index (χ2n) is 5.91. The molecule has 0 saturated heterocycles. The summed E-state index contributed by atoms with van der Waals surface area (Å²) < 4.78 is 121. The van der Waals surface area contributed by atoms with E-state index in [1.54, 1.807) is 0 Å². The van der Waals surface area contributed by atoms with Crippen LogP contribution in [0.3, 0.4) is 0 Å². The first-order chi connectivity index (χ1) is 13.9. The molecule has 0 bridgehead atoms. The van der Waals surface area contributed by atoms with Crippen molar-refractivity contribution in [1.29, 1.82) is 5.26 Å². The summed E-state index contributed by atoms with van der Waals surface area (Å²) in [7, 11) is 0.330. The molecule has 2 rings (SSSR count). The van der Waals surface area contributed by atoms with E-state index in [1.807, 2.05) is 0 Å². The molecule has 0 atom stereocenters. The Labute approximate surface area is 177 Å². The lowest BCUT2D eigenvalue weighted by atomic mass is 9.87. The van der Waals surface area contributed by atoms with Crippen molar-refractivity contribution in [2.45, 2.75) is 24.1 Å². The third-order valence-electron chi connectivity index (χ3n) is 4.18. The van der Waals surface area contributed by atoms with Crippen molar-refractivity contribution < 1.29 is 39.5 Å². The van der Waals surface area contributed by atoms with E-state index in [2.05, 4.69) is 5.10 Å². The molecule has 0 unspecified atom stereocenters. The van der Waals surface area contributed by atoms with Gasteiger partial charge in [-0.1, -0.05) is 23.2 Å². The minimum Gasteiger partial charge on any atom is -0.383 e. The van der Waals surface area contributed by atoms with Crippen molar-refractivity contribution in [1.82, 2.24) is 15.1 Å². The summed E-state index contributed by atoms with van der Waals surface area (Å²) in [4.78, 5) is 0. The van der Waals surface area contributed by atoms with Gasteiger partial charge in [-0.05, 0) is 19.2 Å². The first kappa shape index (κ1) is 24.9. The van der Waals surface area contributed by atoms with Gasteiger partial charge in [-0.2, -0.15) is 49.9 Å². The number of benzene rings is 1. The molecule has 0 spiro atoms. The number of nitrogens with zero attached hydrogens (tertiary/aromatic N) is 3. The van der Waals surface area contributed by atoms with Gasteiger partial charge in [0, 0.05) is 0 Å². The van der Waals surface area contributed by atoms with Gasteiger partial charge in [0.25, 0.3) is 0 Å². The number of nitrogens with two attached hydrogens (primary N) is 1. The van der Waals surface area contributed by atoms with E-state index >= 15 is 0 Å². The van der Waals surface area contributed by atoms with Crippen LogP contribution in [-0.4, -0.2) is 29.2 Å². The Morgan fingerprint density at radius 2 is 1.45 bits per heavy atom. The van der Waals surface area contributed by atoms with E-state index < -0.39 is 62.4 Å². The lowest BCUT2D eigenvalue weighted by molar-refractivity contribution is -0.312. The van der Waals surface area contributed by atoms with Gasteiger partial charge < -0.3 is 5.73 Å². The van der Waals surface area contributed by atoms with Crippen LogP contribution in [0.25, 0.3) is 5.69 Å². The molecule has 0 aliphatic carbocycles. The second kappa shape index (κ2) is 7.64. The van der Waals surface area contributed by atoms with Crippen LogP contribution in [0.4, 0.5) is 45.3 Å². The third-order valence-corrected chi connectivity index (χ3v) is 4.76. The predicted molar refractivity (Wildman–Crippen MR) is 90.6 cm³/mol. The van der Waals surface area contributed by atoms with Crippen LogP contribution in [0.5, 0.6) is 0 Å². The van der Waals surface area contributed by atoms with Crippen molar-refractivity contribution in [2.75, 3.05) is 12.8 Å². The van der Waals surface area contributed by atoms with Gasteiger partial charge in [0.05, 0.1) is 21.2 Å². The molecule has 31 heavy (non-hydrogen) atoms. The van der Waals surface area contributed by atoms with E-state index in [9.17, 15) is 39.5 Å². The Morgan fingerprint density at radius 3 is 1.77 bits per heavy atom. The molecule has 1 heterocycles. The normalized spacial score (nSPS) is 13.4. The quantitative estimate of drug-likeness (QED) is 0.569. The number of anilines is 1. The van der Waals surface area contributed by atoms with Crippen molar-refractivity contribution in [2.24, 2.45) is 0 Å². The molecule has 0 amide bonds. The summed E-state index contributed by atoms with van der Waals surface area (Å²) in [6, 6.07) is 1.69. The number of alkyl halides is 9. The molecule has 170 valence electrons. The fraction of sp³-hybridized carbons (Fsp3) is 0.333. The number of hydrogen-bond acceptors (Lipinski definition) is 4. The lowest BCUT2D eigenvalue weighted by Crippen LogP contribution is -2.62. The Kier molecular flexibility index (Phi) is 6.14. The van der Waals surface area contributed by atoms with Crippen LogP contribution in [-0.2, 0) is 11.7 Å². The maximum atomic E-state index is 13.6. The van der Waals surface area contributed by atoms with E-state index in [4.69, 9.17) is 34.2 Å². The summed E-state index contributed by atoms with van der Waals surface area (Å²) >= 11 is 11.5. The summed E-state index contributed by atoms with van der Waals surface area (Å²) in [5.74, 6) is -1.37. The van der Waals surface area contributed by atoms with Crippen molar-refractivity contribution in [3.8, 4) is 11.8 Å². The molecule has 1 aromatic carbocycles. The summed E-state index contributed by atoms with van der Waals surface area (Å²) in [5, 5.41) is 11.8. The predicted octanol–water partition coefficient (Wildman–Crippen LogP) is 5.19. The molecule has 0 aliphatic rings. The minimum atomic E-state index is -6.07. The number of nitrogens with one attached hydrogen (secondary N) is 1. The Bertz CT molecular complexity index is 1010. The SMILES string of the molecule is CNC(c1c(C#N)nn(-c2c(Cl)cc(C(F)(F)F)cc2Cl)c1N)(C(F)(F)F)C(F)(F)F. The zero-order chi connectivity index (χ0) is 24.2. The van der Waals surface area contributed by atoms with E-state index in [0.29, 0.717) is 19.2 Å². The largest absolute Gasteiger partial charge is 0.420 e. The molecule has 2 aromatic rings. The molecular formula is C15H8Cl2F9N5. The number of nitrogen functional groups attached to an aromatic ring is 1. The average Bonchev–Trinajstić information content (AvgIpc) is 2.89. The number of halogens is 11. The summed E-state index contributed by atoms with van der Waals surface area (Å²) in [6.45, 7) is 0. The molecule has 5 nitrogen and oxygen atoms in total. The zero-order valence-electron chi connectivity index (χ0n) is 14.7. The maximum Gasteiger partial charge on any atom is 0.420 e. The highest BCUT2D eigenvalue weighted by Crippen LogP contribution is 2.53. The highest BCUT2D eigenvalue weighted by Gasteiger charge is 2.73. The van der Waals surface area contributed by atoms with Gasteiger partial charge in [0.2, 0.25) is 5.54 Å². The zero-order valence-corrected chi connectivity index (χ0v) is 16.2. The molecule has 0 saturated carbocycles. The number of aromatic nitrogens is 2. The summed E-state index contributed by atoms with van der Waals surface area (Å²) in [5.41, 5.74) is -4.67. The van der Waals surface area contributed by atoms with E-state index in [1.165, 1.54) is 0 Å². The fourth-order valence-corrected chi connectivity index (χ4v) is 3.48. The van der Waals surface area contributed by atoms with Crippen LogP contribution >= 0.6 is 23.2 Å². The summed E-state index contributed by atoms with van der Waals surface area (Å²) in [6.07, 6.45) is -17.1. The van der Waals surface area contributed by atoms with Gasteiger partial charge in [-0.15, -0.1) is 0 Å². The molecule has 0 aliphatic heterocycles.